The summed E-state index contributed by atoms with van der Waals surface area (Å²) in [7, 11) is 0. The van der Waals surface area contributed by atoms with Crippen LogP contribution in [0.4, 0.5) is 0 Å². The SMILES string of the molecule is O=C(/C=C/c1cccnc1)NCCCCC1CCN(Cc2ccccc2)C1. The fourth-order valence-corrected chi connectivity index (χ4v) is 3.61. The second-order valence-electron chi connectivity index (χ2n) is 7.28. The van der Waals surface area contributed by atoms with Crippen molar-refractivity contribution in [3.63, 3.8) is 0 Å². The van der Waals surface area contributed by atoms with E-state index in [1.54, 1.807) is 24.5 Å². The first-order valence-corrected chi connectivity index (χ1v) is 9.92. The molecule has 4 nitrogen and oxygen atoms in total. The average molecular weight is 364 g/mol. The van der Waals surface area contributed by atoms with Crippen LogP contribution in [0.1, 0.15) is 36.8 Å². The van der Waals surface area contributed by atoms with Crippen molar-refractivity contribution < 1.29 is 4.79 Å². The van der Waals surface area contributed by atoms with Gasteiger partial charge in [-0.25, -0.2) is 0 Å². The normalized spacial score (nSPS) is 17.4. The van der Waals surface area contributed by atoms with E-state index >= 15 is 0 Å². The van der Waals surface area contributed by atoms with Gasteiger partial charge in [0.1, 0.15) is 0 Å². The van der Waals surface area contributed by atoms with Gasteiger partial charge in [-0.3, -0.25) is 14.7 Å². The third-order valence-electron chi connectivity index (χ3n) is 5.07. The number of carbonyl (C=O) groups is 1. The number of hydrogen-bond donors (Lipinski definition) is 1. The van der Waals surface area contributed by atoms with Crippen molar-refractivity contribution in [1.82, 2.24) is 15.2 Å². The van der Waals surface area contributed by atoms with Crippen LogP contribution in [-0.4, -0.2) is 35.4 Å². The van der Waals surface area contributed by atoms with Crippen LogP contribution in [0.5, 0.6) is 0 Å². The van der Waals surface area contributed by atoms with Crippen molar-refractivity contribution in [3.05, 3.63) is 72.1 Å². The molecule has 2 aromatic rings. The van der Waals surface area contributed by atoms with Crippen molar-refractivity contribution in [2.45, 2.75) is 32.2 Å². The molecule has 1 atom stereocenters. The number of likely N-dealkylation sites (tertiary alicyclic amines) is 1. The molecule has 4 heteroatoms. The topological polar surface area (TPSA) is 45.2 Å². The van der Waals surface area contributed by atoms with Crippen LogP contribution in [0, 0.1) is 5.92 Å². The van der Waals surface area contributed by atoms with E-state index in [0.717, 1.165) is 31.0 Å². The second kappa shape index (κ2) is 10.6. The van der Waals surface area contributed by atoms with Gasteiger partial charge in [-0.15, -0.1) is 0 Å². The minimum Gasteiger partial charge on any atom is -0.353 e. The van der Waals surface area contributed by atoms with E-state index in [9.17, 15) is 4.79 Å². The maximum absolute atomic E-state index is 11.8. The van der Waals surface area contributed by atoms with Gasteiger partial charge in [-0.05, 0) is 55.0 Å². The van der Waals surface area contributed by atoms with Gasteiger partial charge in [0, 0.05) is 38.1 Å². The lowest BCUT2D eigenvalue weighted by Gasteiger charge is -2.16. The standard InChI is InChI=1S/C23H29N3O/c27-23(12-11-20-10-6-14-24-17-20)25-15-5-4-9-22-13-16-26(19-22)18-21-7-2-1-3-8-21/h1-3,6-8,10-12,14,17,22H,4-5,9,13,15-16,18-19H2,(H,25,27)/b12-11+. The first-order chi connectivity index (χ1) is 13.3. The van der Waals surface area contributed by atoms with Gasteiger partial charge >= 0.3 is 0 Å². The number of benzene rings is 1. The number of carbonyl (C=O) groups excluding carboxylic acids is 1. The molecule has 0 radical (unpaired) electrons. The van der Waals surface area contributed by atoms with E-state index < -0.39 is 0 Å². The summed E-state index contributed by atoms with van der Waals surface area (Å²) >= 11 is 0. The molecule has 1 fully saturated rings. The van der Waals surface area contributed by atoms with Crippen LogP contribution >= 0.6 is 0 Å². The summed E-state index contributed by atoms with van der Waals surface area (Å²) < 4.78 is 0. The molecule has 2 heterocycles. The van der Waals surface area contributed by atoms with Crippen LogP contribution in [0.15, 0.2) is 60.9 Å². The van der Waals surface area contributed by atoms with Crippen LogP contribution in [0.3, 0.4) is 0 Å². The maximum Gasteiger partial charge on any atom is 0.243 e. The monoisotopic (exact) mass is 363 g/mol. The Bertz CT molecular complexity index is 715. The van der Waals surface area contributed by atoms with E-state index in [1.807, 2.05) is 12.1 Å². The fraction of sp³-hybridized carbons (Fsp3) is 0.391. The van der Waals surface area contributed by atoms with Crippen LogP contribution in [-0.2, 0) is 11.3 Å². The predicted molar refractivity (Wildman–Crippen MR) is 110 cm³/mol. The number of hydrogen-bond acceptors (Lipinski definition) is 3. The highest BCUT2D eigenvalue weighted by Crippen LogP contribution is 2.23. The lowest BCUT2D eigenvalue weighted by molar-refractivity contribution is -0.116. The van der Waals surface area contributed by atoms with Gasteiger partial charge < -0.3 is 5.32 Å². The largest absolute Gasteiger partial charge is 0.353 e. The molecule has 1 aromatic heterocycles. The summed E-state index contributed by atoms with van der Waals surface area (Å²) in [6, 6.07) is 14.5. The molecule has 0 bridgehead atoms. The number of rotatable bonds is 9. The Morgan fingerprint density at radius 3 is 2.89 bits per heavy atom. The van der Waals surface area contributed by atoms with Gasteiger partial charge in [0.15, 0.2) is 0 Å². The molecular weight excluding hydrogens is 334 g/mol. The molecule has 1 N–H and O–H groups in total. The summed E-state index contributed by atoms with van der Waals surface area (Å²) in [6.07, 6.45) is 11.6. The summed E-state index contributed by atoms with van der Waals surface area (Å²) in [5.41, 5.74) is 2.34. The molecule has 27 heavy (non-hydrogen) atoms. The smallest absolute Gasteiger partial charge is 0.243 e. The van der Waals surface area contributed by atoms with E-state index in [-0.39, 0.29) is 5.91 Å². The van der Waals surface area contributed by atoms with E-state index in [1.165, 1.54) is 37.9 Å². The van der Waals surface area contributed by atoms with Crippen molar-refractivity contribution in [2.24, 2.45) is 5.92 Å². The molecule has 0 spiro atoms. The number of nitrogens with zero attached hydrogens (tertiary/aromatic N) is 2. The highest BCUT2D eigenvalue weighted by molar-refractivity contribution is 5.91. The summed E-state index contributed by atoms with van der Waals surface area (Å²) in [4.78, 5) is 18.4. The Labute approximate surface area is 162 Å². The van der Waals surface area contributed by atoms with Crippen LogP contribution < -0.4 is 5.32 Å². The molecule has 0 saturated carbocycles. The quantitative estimate of drug-likeness (QED) is 0.543. The summed E-state index contributed by atoms with van der Waals surface area (Å²) in [5, 5.41) is 2.96. The first kappa shape index (κ1) is 19.3. The third-order valence-corrected chi connectivity index (χ3v) is 5.07. The molecule has 1 saturated heterocycles. The Kier molecular flexibility index (Phi) is 7.60. The minimum absolute atomic E-state index is 0.0336. The molecule has 1 aromatic carbocycles. The molecule has 1 aliphatic heterocycles. The Balaban J connectivity index is 1.25. The molecule has 3 rings (SSSR count). The van der Waals surface area contributed by atoms with Gasteiger partial charge in [0.25, 0.3) is 0 Å². The Morgan fingerprint density at radius 1 is 1.19 bits per heavy atom. The maximum atomic E-state index is 11.8. The van der Waals surface area contributed by atoms with Crippen molar-refractivity contribution in [1.29, 1.82) is 0 Å². The van der Waals surface area contributed by atoms with Gasteiger partial charge in [-0.2, -0.15) is 0 Å². The molecule has 1 unspecified atom stereocenters. The lowest BCUT2D eigenvalue weighted by atomic mass is 10.0. The van der Waals surface area contributed by atoms with Gasteiger partial charge in [0.2, 0.25) is 5.91 Å². The summed E-state index contributed by atoms with van der Waals surface area (Å²) in [5.74, 6) is 0.767. The molecule has 142 valence electrons. The van der Waals surface area contributed by atoms with E-state index in [4.69, 9.17) is 0 Å². The van der Waals surface area contributed by atoms with Gasteiger partial charge in [-0.1, -0.05) is 42.8 Å². The highest BCUT2D eigenvalue weighted by atomic mass is 16.1. The Hall–Kier alpha value is -2.46. The minimum atomic E-state index is -0.0336. The number of aromatic nitrogens is 1. The summed E-state index contributed by atoms with van der Waals surface area (Å²) in [6.45, 7) is 4.22. The zero-order valence-corrected chi connectivity index (χ0v) is 15.9. The number of nitrogens with one attached hydrogen (secondary N) is 1. The fourth-order valence-electron chi connectivity index (χ4n) is 3.61. The van der Waals surface area contributed by atoms with E-state index in [2.05, 4.69) is 45.5 Å². The van der Waals surface area contributed by atoms with Crippen molar-refractivity contribution in [2.75, 3.05) is 19.6 Å². The van der Waals surface area contributed by atoms with Crippen molar-refractivity contribution >= 4 is 12.0 Å². The third kappa shape index (κ3) is 6.99. The van der Waals surface area contributed by atoms with Crippen molar-refractivity contribution in [3.8, 4) is 0 Å². The zero-order valence-electron chi connectivity index (χ0n) is 15.9. The molecule has 1 amide bonds. The second-order valence-corrected chi connectivity index (χ2v) is 7.28. The van der Waals surface area contributed by atoms with Crippen LogP contribution in [0.2, 0.25) is 0 Å². The van der Waals surface area contributed by atoms with Gasteiger partial charge in [0.05, 0.1) is 0 Å². The first-order valence-electron chi connectivity index (χ1n) is 9.92. The highest BCUT2D eigenvalue weighted by Gasteiger charge is 2.21. The molecule has 1 aliphatic rings. The zero-order chi connectivity index (χ0) is 18.7. The lowest BCUT2D eigenvalue weighted by Crippen LogP contribution is -2.22. The molecular formula is C23H29N3O. The Morgan fingerprint density at radius 2 is 2.07 bits per heavy atom. The van der Waals surface area contributed by atoms with Crippen LogP contribution in [0.25, 0.3) is 6.08 Å². The number of amides is 1. The van der Waals surface area contributed by atoms with E-state index in [0.29, 0.717) is 0 Å². The average Bonchev–Trinajstić information content (AvgIpc) is 3.15. The number of unbranched alkanes of at least 4 members (excludes halogenated alkanes) is 1. The number of pyridine rings is 1. The molecule has 0 aliphatic carbocycles. The predicted octanol–water partition coefficient (Wildman–Crippen LogP) is 3.90.